The lowest BCUT2D eigenvalue weighted by Gasteiger charge is -2.57. The molecule has 2 aliphatic rings. The number of rotatable bonds is 2. The Hall–Kier alpha value is -1.59. The molecule has 0 aromatic heterocycles. The van der Waals surface area contributed by atoms with Crippen molar-refractivity contribution in [2.75, 3.05) is 19.0 Å². The van der Waals surface area contributed by atoms with E-state index in [1.165, 1.54) is 0 Å². The SMILES string of the molecule is CN(C(=O)C(=O)Nc1cccc(Cl)c1)[C@@H]1[C@H]2CCO[C@@H]2C1(C)C. The Morgan fingerprint density at radius 1 is 1.39 bits per heavy atom. The van der Waals surface area contributed by atoms with Crippen LogP contribution in [0.3, 0.4) is 0 Å². The smallest absolute Gasteiger partial charge is 0.313 e. The molecule has 1 aliphatic carbocycles. The van der Waals surface area contributed by atoms with E-state index < -0.39 is 11.8 Å². The van der Waals surface area contributed by atoms with Gasteiger partial charge in [-0.15, -0.1) is 0 Å². The normalized spacial score (nSPS) is 27.7. The van der Waals surface area contributed by atoms with E-state index >= 15 is 0 Å². The van der Waals surface area contributed by atoms with Crippen molar-refractivity contribution in [3.63, 3.8) is 0 Å². The van der Waals surface area contributed by atoms with Gasteiger partial charge in [-0.25, -0.2) is 0 Å². The van der Waals surface area contributed by atoms with Crippen LogP contribution in [-0.4, -0.2) is 42.5 Å². The van der Waals surface area contributed by atoms with E-state index in [0.717, 1.165) is 13.0 Å². The zero-order valence-electron chi connectivity index (χ0n) is 13.5. The Labute approximate surface area is 140 Å². The third-order valence-electron chi connectivity index (χ3n) is 5.05. The molecule has 124 valence electrons. The molecule has 0 spiro atoms. The third-order valence-corrected chi connectivity index (χ3v) is 5.29. The average Bonchev–Trinajstić information content (AvgIpc) is 2.92. The number of hydrogen-bond acceptors (Lipinski definition) is 3. The first-order valence-corrected chi connectivity index (χ1v) is 8.15. The predicted molar refractivity (Wildman–Crippen MR) is 88.3 cm³/mol. The molecule has 1 aromatic rings. The van der Waals surface area contributed by atoms with Crippen LogP contribution >= 0.6 is 11.6 Å². The van der Waals surface area contributed by atoms with Gasteiger partial charge < -0.3 is 15.0 Å². The van der Waals surface area contributed by atoms with Gasteiger partial charge in [0.2, 0.25) is 0 Å². The highest BCUT2D eigenvalue weighted by Gasteiger charge is 2.61. The quantitative estimate of drug-likeness (QED) is 0.844. The number of halogens is 1. The van der Waals surface area contributed by atoms with Gasteiger partial charge in [0, 0.05) is 41.7 Å². The van der Waals surface area contributed by atoms with Crippen LogP contribution in [0, 0.1) is 11.3 Å². The summed E-state index contributed by atoms with van der Waals surface area (Å²) in [6.45, 7) is 4.90. The molecule has 3 atom stereocenters. The summed E-state index contributed by atoms with van der Waals surface area (Å²) in [4.78, 5) is 26.3. The molecule has 0 unspecified atom stereocenters. The van der Waals surface area contributed by atoms with Gasteiger partial charge in [-0.05, 0) is 24.6 Å². The lowest BCUT2D eigenvalue weighted by atomic mass is 9.57. The summed E-state index contributed by atoms with van der Waals surface area (Å²) in [5.41, 5.74) is 0.376. The predicted octanol–water partition coefficient (Wildman–Crippen LogP) is 2.55. The zero-order chi connectivity index (χ0) is 16.8. The number of hydrogen-bond donors (Lipinski definition) is 1. The van der Waals surface area contributed by atoms with Crippen LogP contribution in [0.15, 0.2) is 24.3 Å². The van der Waals surface area contributed by atoms with Crippen LogP contribution in [-0.2, 0) is 14.3 Å². The van der Waals surface area contributed by atoms with Crippen molar-refractivity contribution in [2.45, 2.75) is 32.4 Å². The molecule has 1 saturated heterocycles. The first kappa shape index (κ1) is 16.3. The number of nitrogens with zero attached hydrogens (tertiary/aromatic N) is 1. The van der Waals surface area contributed by atoms with Gasteiger partial charge in [0.1, 0.15) is 0 Å². The van der Waals surface area contributed by atoms with Crippen molar-refractivity contribution in [2.24, 2.45) is 11.3 Å². The van der Waals surface area contributed by atoms with E-state index in [9.17, 15) is 9.59 Å². The second-order valence-corrected chi connectivity index (χ2v) is 7.33. The molecule has 5 nitrogen and oxygen atoms in total. The maximum absolute atomic E-state index is 12.5. The molecular formula is C17H21ClN2O3. The summed E-state index contributed by atoms with van der Waals surface area (Å²) in [6, 6.07) is 6.77. The first-order chi connectivity index (χ1) is 10.8. The molecule has 1 heterocycles. The minimum Gasteiger partial charge on any atom is -0.377 e. The number of nitrogens with one attached hydrogen (secondary N) is 1. The molecule has 1 N–H and O–H groups in total. The van der Waals surface area contributed by atoms with Crippen molar-refractivity contribution < 1.29 is 14.3 Å². The number of carbonyl (C=O) groups excluding carboxylic acids is 2. The van der Waals surface area contributed by atoms with Crippen LogP contribution < -0.4 is 5.32 Å². The van der Waals surface area contributed by atoms with Crippen molar-refractivity contribution in [3.8, 4) is 0 Å². The fourth-order valence-corrected chi connectivity index (χ4v) is 4.31. The Balaban J connectivity index is 1.69. The Bertz CT molecular complexity index is 646. The standard InChI is InChI=1S/C17H21ClN2O3/c1-17(2)13(12-7-8-23-14(12)17)20(3)16(22)15(21)19-11-6-4-5-10(18)9-11/h4-6,9,12-14H,7-8H2,1-3H3,(H,19,21)/t12-,13-,14+/m1/s1. The van der Waals surface area contributed by atoms with Gasteiger partial charge in [-0.2, -0.15) is 0 Å². The largest absolute Gasteiger partial charge is 0.377 e. The number of amides is 2. The highest BCUT2D eigenvalue weighted by molar-refractivity contribution is 6.39. The van der Waals surface area contributed by atoms with Gasteiger partial charge in [-0.3, -0.25) is 9.59 Å². The van der Waals surface area contributed by atoms with Crippen molar-refractivity contribution in [3.05, 3.63) is 29.3 Å². The number of likely N-dealkylation sites (N-methyl/N-ethyl adjacent to an activating group) is 1. The van der Waals surface area contributed by atoms with E-state index in [0.29, 0.717) is 16.6 Å². The highest BCUT2D eigenvalue weighted by Crippen LogP contribution is 2.54. The second kappa shape index (κ2) is 5.80. The number of carbonyl (C=O) groups is 2. The van der Waals surface area contributed by atoms with Crippen LogP contribution in [0.4, 0.5) is 5.69 Å². The number of ether oxygens (including phenoxy) is 1. The summed E-state index contributed by atoms with van der Waals surface area (Å²) in [7, 11) is 1.70. The fraction of sp³-hybridized carbons (Fsp3) is 0.529. The van der Waals surface area contributed by atoms with Crippen LogP contribution in [0.25, 0.3) is 0 Å². The van der Waals surface area contributed by atoms with Crippen LogP contribution in [0.2, 0.25) is 5.02 Å². The molecule has 1 saturated carbocycles. The van der Waals surface area contributed by atoms with Crippen molar-refractivity contribution >= 4 is 29.1 Å². The molecule has 1 aliphatic heterocycles. The van der Waals surface area contributed by atoms with Gasteiger partial charge in [0.15, 0.2) is 0 Å². The highest BCUT2D eigenvalue weighted by atomic mass is 35.5. The Kier molecular flexibility index (Phi) is 4.10. The second-order valence-electron chi connectivity index (χ2n) is 6.89. The van der Waals surface area contributed by atoms with Gasteiger partial charge in [-0.1, -0.05) is 31.5 Å². The van der Waals surface area contributed by atoms with E-state index in [1.54, 1.807) is 36.2 Å². The van der Waals surface area contributed by atoms with Crippen molar-refractivity contribution in [1.29, 1.82) is 0 Å². The molecule has 0 radical (unpaired) electrons. The number of fused-ring (bicyclic) bond motifs is 1. The lowest BCUT2D eigenvalue weighted by molar-refractivity contribution is -0.169. The molecule has 2 amide bonds. The fourth-order valence-electron chi connectivity index (χ4n) is 4.12. The Morgan fingerprint density at radius 3 is 2.83 bits per heavy atom. The molecule has 3 rings (SSSR count). The number of anilines is 1. The van der Waals surface area contributed by atoms with E-state index in [2.05, 4.69) is 19.2 Å². The van der Waals surface area contributed by atoms with Crippen LogP contribution in [0.5, 0.6) is 0 Å². The summed E-state index contributed by atoms with van der Waals surface area (Å²) < 4.78 is 5.74. The maximum Gasteiger partial charge on any atom is 0.313 e. The summed E-state index contributed by atoms with van der Waals surface area (Å²) >= 11 is 5.89. The zero-order valence-corrected chi connectivity index (χ0v) is 14.3. The van der Waals surface area contributed by atoms with E-state index in [4.69, 9.17) is 16.3 Å². The molecular weight excluding hydrogens is 316 g/mol. The minimum atomic E-state index is -0.645. The van der Waals surface area contributed by atoms with Gasteiger partial charge in [0.25, 0.3) is 0 Å². The number of benzene rings is 1. The molecule has 6 heteroatoms. The average molecular weight is 337 g/mol. The van der Waals surface area contributed by atoms with Gasteiger partial charge in [0.05, 0.1) is 6.10 Å². The molecule has 1 aromatic carbocycles. The third kappa shape index (κ3) is 2.72. The topological polar surface area (TPSA) is 58.6 Å². The monoisotopic (exact) mass is 336 g/mol. The van der Waals surface area contributed by atoms with Gasteiger partial charge >= 0.3 is 11.8 Å². The molecule has 2 fully saturated rings. The first-order valence-electron chi connectivity index (χ1n) is 7.77. The summed E-state index contributed by atoms with van der Waals surface area (Å²) in [5.74, 6) is -0.862. The molecule has 0 bridgehead atoms. The van der Waals surface area contributed by atoms with E-state index in [-0.39, 0.29) is 17.6 Å². The van der Waals surface area contributed by atoms with Crippen LogP contribution in [0.1, 0.15) is 20.3 Å². The maximum atomic E-state index is 12.5. The summed E-state index contributed by atoms with van der Waals surface area (Å²) in [5, 5.41) is 3.12. The summed E-state index contributed by atoms with van der Waals surface area (Å²) in [6.07, 6.45) is 1.12. The molecule has 23 heavy (non-hydrogen) atoms. The minimum absolute atomic E-state index is 0.0209. The lowest BCUT2D eigenvalue weighted by Crippen LogP contribution is -2.67. The Morgan fingerprint density at radius 2 is 2.13 bits per heavy atom. The van der Waals surface area contributed by atoms with E-state index in [1.807, 2.05) is 0 Å². The van der Waals surface area contributed by atoms with Crippen molar-refractivity contribution in [1.82, 2.24) is 4.90 Å².